The smallest absolute Gasteiger partial charge is 0.321 e. The van der Waals surface area contributed by atoms with E-state index >= 15 is 0 Å². The summed E-state index contributed by atoms with van der Waals surface area (Å²) in [7, 11) is -3.83. The van der Waals surface area contributed by atoms with E-state index in [2.05, 4.69) is 0 Å². The van der Waals surface area contributed by atoms with Gasteiger partial charge < -0.3 is 5.11 Å². The molecule has 100 valence electrons. The van der Waals surface area contributed by atoms with Crippen LogP contribution in [0.4, 0.5) is 4.39 Å². The minimum atomic E-state index is -3.83. The second kappa shape index (κ2) is 5.67. The van der Waals surface area contributed by atoms with Gasteiger partial charge in [-0.1, -0.05) is 24.6 Å². The average molecular weight is 295 g/mol. The summed E-state index contributed by atoms with van der Waals surface area (Å²) in [5.74, 6) is -2.51. The molecule has 0 spiro atoms. The molecule has 18 heavy (non-hydrogen) atoms. The van der Waals surface area contributed by atoms with Crippen molar-refractivity contribution >= 4 is 27.4 Å². The Bertz CT molecular complexity index is 556. The van der Waals surface area contributed by atoms with Crippen molar-refractivity contribution in [2.24, 2.45) is 0 Å². The molecule has 4 nitrogen and oxygen atoms in total. The molecule has 0 fully saturated rings. The Morgan fingerprint density at radius 2 is 2.11 bits per heavy atom. The number of sulfone groups is 1. The van der Waals surface area contributed by atoms with Crippen molar-refractivity contribution in [2.75, 3.05) is 0 Å². The van der Waals surface area contributed by atoms with Crippen LogP contribution in [0.5, 0.6) is 0 Å². The molecule has 0 heterocycles. The molecule has 0 saturated carbocycles. The quantitative estimate of drug-likeness (QED) is 0.904. The molecular weight excluding hydrogens is 283 g/mol. The van der Waals surface area contributed by atoms with E-state index in [9.17, 15) is 17.6 Å². The van der Waals surface area contributed by atoms with Gasteiger partial charge in [0.05, 0.1) is 10.8 Å². The van der Waals surface area contributed by atoms with E-state index in [1.165, 1.54) is 19.1 Å². The number of rotatable bonds is 5. The van der Waals surface area contributed by atoms with Crippen LogP contribution in [0.1, 0.15) is 18.9 Å². The number of benzene rings is 1. The fourth-order valence-corrected chi connectivity index (χ4v) is 3.41. The molecule has 0 saturated heterocycles. The molecule has 0 aliphatic heterocycles. The Kier molecular flexibility index (Phi) is 4.70. The maximum absolute atomic E-state index is 12.9. The van der Waals surface area contributed by atoms with Gasteiger partial charge in [-0.2, -0.15) is 0 Å². The minimum Gasteiger partial charge on any atom is -0.480 e. The second-order valence-corrected chi connectivity index (χ2v) is 6.38. The Morgan fingerprint density at radius 1 is 1.50 bits per heavy atom. The van der Waals surface area contributed by atoms with Crippen LogP contribution >= 0.6 is 11.6 Å². The van der Waals surface area contributed by atoms with Crippen molar-refractivity contribution in [3.05, 3.63) is 34.6 Å². The van der Waals surface area contributed by atoms with Crippen molar-refractivity contribution in [1.29, 1.82) is 0 Å². The molecule has 1 unspecified atom stereocenters. The van der Waals surface area contributed by atoms with Gasteiger partial charge in [-0.05, 0) is 24.1 Å². The predicted octanol–water partition coefficient (Wildman–Crippen LogP) is 2.26. The summed E-state index contributed by atoms with van der Waals surface area (Å²) < 4.78 is 36.6. The third-order valence-corrected chi connectivity index (χ3v) is 4.86. The highest BCUT2D eigenvalue weighted by Crippen LogP contribution is 2.20. The topological polar surface area (TPSA) is 71.4 Å². The summed E-state index contributed by atoms with van der Waals surface area (Å²) >= 11 is 5.53. The van der Waals surface area contributed by atoms with Gasteiger partial charge in [0.1, 0.15) is 5.82 Å². The van der Waals surface area contributed by atoms with E-state index in [0.29, 0.717) is 0 Å². The molecule has 0 radical (unpaired) electrons. The van der Waals surface area contributed by atoms with Crippen molar-refractivity contribution in [3.8, 4) is 0 Å². The second-order valence-electron chi connectivity index (χ2n) is 3.79. The lowest BCUT2D eigenvalue weighted by atomic mass is 10.2. The molecule has 0 aliphatic carbocycles. The molecule has 1 N–H and O–H groups in total. The molecule has 1 aromatic carbocycles. The summed E-state index contributed by atoms with van der Waals surface area (Å²) in [5.41, 5.74) is 0.265. The molecule has 1 atom stereocenters. The normalized spacial score (nSPS) is 13.3. The van der Waals surface area contributed by atoms with Crippen molar-refractivity contribution in [3.63, 3.8) is 0 Å². The molecular formula is C11H12ClFO4S. The lowest BCUT2D eigenvalue weighted by Gasteiger charge is -2.11. The van der Waals surface area contributed by atoms with E-state index in [0.717, 1.165) is 6.07 Å². The van der Waals surface area contributed by atoms with Crippen molar-refractivity contribution < 1.29 is 22.7 Å². The first-order valence-electron chi connectivity index (χ1n) is 5.16. The van der Waals surface area contributed by atoms with Gasteiger partial charge in [-0.3, -0.25) is 4.79 Å². The maximum Gasteiger partial charge on any atom is 0.321 e. The summed E-state index contributed by atoms with van der Waals surface area (Å²) in [6.07, 6.45) is -0.0212. The highest BCUT2D eigenvalue weighted by atomic mass is 35.5. The van der Waals surface area contributed by atoms with Gasteiger partial charge in [0.25, 0.3) is 0 Å². The number of hydrogen-bond donors (Lipinski definition) is 1. The number of carboxylic acids is 1. The zero-order chi connectivity index (χ0) is 13.9. The van der Waals surface area contributed by atoms with Gasteiger partial charge >= 0.3 is 5.97 Å². The van der Waals surface area contributed by atoms with E-state index in [4.69, 9.17) is 16.7 Å². The molecule has 1 rings (SSSR count). The first kappa shape index (κ1) is 14.9. The van der Waals surface area contributed by atoms with Gasteiger partial charge in [0.15, 0.2) is 15.1 Å². The largest absolute Gasteiger partial charge is 0.480 e. The number of halogens is 2. The molecule has 7 heteroatoms. The molecule has 0 amide bonds. The summed E-state index contributed by atoms with van der Waals surface area (Å²) in [6.45, 7) is 1.48. The van der Waals surface area contributed by atoms with Crippen molar-refractivity contribution in [1.82, 2.24) is 0 Å². The SMILES string of the molecule is CCC(C(=O)O)S(=O)(=O)Cc1ccc(F)c(Cl)c1. The number of carbonyl (C=O) groups is 1. The molecule has 0 aliphatic rings. The molecule has 0 aromatic heterocycles. The first-order chi connectivity index (χ1) is 8.27. The van der Waals surface area contributed by atoms with Crippen LogP contribution in [-0.2, 0) is 20.4 Å². The first-order valence-corrected chi connectivity index (χ1v) is 7.25. The van der Waals surface area contributed by atoms with E-state index in [1.54, 1.807) is 0 Å². The zero-order valence-electron chi connectivity index (χ0n) is 9.56. The fourth-order valence-electron chi connectivity index (χ4n) is 1.54. The lowest BCUT2D eigenvalue weighted by Crippen LogP contribution is -2.30. The van der Waals surface area contributed by atoms with Crippen LogP contribution in [-0.4, -0.2) is 24.7 Å². The maximum atomic E-state index is 12.9. The van der Waals surface area contributed by atoms with Crippen molar-refractivity contribution in [2.45, 2.75) is 24.3 Å². The third kappa shape index (κ3) is 3.43. The number of aliphatic carboxylic acids is 1. The van der Waals surface area contributed by atoms with Gasteiger partial charge in [0, 0.05) is 0 Å². The van der Waals surface area contributed by atoms with Crippen LogP contribution < -0.4 is 0 Å². The van der Waals surface area contributed by atoms with E-state index in [1.807, 2.05) is 0 Å². The summed E-state index contributed by atoms with van der Waals surface area (Å²) in [4.78, 5) is 10.8. The Morgan fingerprint density at radius 3 is 2.56 bits per heavy atom. The lowest BCUT2D eigenvalue weighted by molar-refractivity contribution is -0.136. The van der Waals surface area contributed by atoms with Crippen LogP contribution in [0.2, 0.25) is 5.02 Å². The van der Waals surface area contributed by atoms with Crippen LogP contribution in [0.25, 0.3) is 0 Å². The van der Waals surface area contributed by atoms with Crippen LogP contribution in [0, 0.1) is 5.82 Å². The summed E-state index contributed by atoms with van der Waals surface area (Å²) in [5, 5.41) is 7.17. The van der Waals surface area contributed by atoms with Crippen LogP contribution in [0.15, 0.2) is 18.2 Å². The monoisotopic (exact) mass is 294 g/mol. The Hall–Kier alpha value is -1.14. The highest BCUT2D eigenvalue weighted by molar-refractivity contribution is 7.92. The minimum absolute atomic E-state index is 0.0212. The third-order valence-electron chi connectivity index (χ3n) is 2.43. The van der Waals surface area contributed by atoms with Gasteiger partial charge in [-0.15, -0.1) is 0 Å². The standard InChI is InChI=1S/C11H12ClFO4S/c1-2-10(11(14)15)18(16,17)6-7-3-4-9(13)8(12)5-7/h3-5,10H,2,6H2,1H3,(H,14,15). The predicted molar refractivity (Wildman–Crippen MR) is 65.7 cm³/mol. The van der Waals surface area contributed by atoms with Gasteiger partial charge in [-0.25, -0.2) is 12.8 Å². The van der Waals surface area contributed by atoms with Gasteiger partial charge in [0.2, 0.25) is 0 Å². The summed E-state index contributed by atoms with van der Waals surface area (Å²) in [6, 6.07) is 3.51. The highest BCUT2D eigenvalue weighted by Gasteiger charge is 2.30. The Labute approximate surface area is 109 Å². The fraction of sp³-hybridized carbons (Fsp3) is 0.364. The average Bonchev–Trinajstić information content (AvgIpc) is 2.22. The molecule has 0 bridgehead atoms. The number of carboxylic acid groups (broad SMARTS) is 1. The zero-order valence-corrected chi connectivity index (χ0v) is 11.1. The van der Waals surface area contributed by atoms with E-state index < -0.39 is 32.6 Å². The van der Waals surface area contributed by atoms with Crippen LogP contribution in [0.3, 0.4) is 0 Å². The number of hydrogen-bond acceptors (Lipinski definition) is 3. The van der Waals surface area contributed by atoms with E-state index in [-0.39, 0.29) is 17.0 Å². The molecule has 1 aromatic rings. The Balaban J connectivity index is 3.01.